The summed E-state index contributed by atoms with van der Waals surface area (Å²) in [6, 6.07) is 12.3. The Morgan fingerprint density at radius 2 is 1.76 bits per heavy atom. The van der Waals surface area contributed by atoms with Crippen LogP contribution in [0.1, 0.15) is 34.3 Å². The maximum Gasteiger partial charge on any atom is 0.328 e. The SMILES string of the molecule is COC(=O)[C@H](Cc1ccc(N2C(=O)C3(CC3)c3cc(F)c(Cl)cc32)cc1)NC(=O)c1c(F)cccc1Cl. The van der Waals surface area contributed by atoms with Crippen LogP contribution in [-0.2, 0) is 26.2 Å². The molecule has 6 nitrogen and oxygen atoms in total. The van der Waals surface area contributed by atoms with Crippen molar-refractivity contribution in [3.8, 4) is 0 Å². The van der Waals surface area contributed by atoms with E-state index in [2.05, 4.69) is 5.32 Å². The second-order valence-electron chi connectivity index (χ2n) is 9.02. The van der Waals surface area contributed by atoms with Gasteiger partial charge in [0.2, 0.25) is 5.91 Å². The molecule has 0 radical (unpaired) electrons. The first-order chi connectivity index (χ1) is 17.7. The first-order valence-corrected chi connectivity index (χ1v) is 12.2. The monoisotopic (exact) mass is 544 g/mol. The van der Waals surface area contributed by atoms with E-state index in [-0.39, 0.29) is 27.9 Å². The minimum absolute atomic E-state index is 0.0380. The number of ether oxygens (including phenoxy) is 1. The summed E-state index contributed by atoms with van der Waals surface area (Å²) in [5.74, 6) is -3.10. The average molecular weight is 545 g/mol. The third-order valence-corrected chi connectivity index (χ3v) is 7.38. The Hall–Kier alpha value is -3.49. The molecule has 0 saturated heterocycles. The summed E-state index contributed by atoms with van der Waals surface area (Å²) >= 11 is 12.0. The van der Waals surface area contributed by atoms with Gasteiger partial charge < -0.3 is 10.1 Å². The molecule has 1 N–H and O–H groups in total. The molecule has 0 bridgehead atoms. The maximum absolute atomic E-state index is 14.2. The molecule has 3 aromatic carbocycles. The lowest BCUT2D eigenvalue weighted by molar-refractivity contribution is -0.142. The zero-order valence-corrected chi connectivity index (χ0v) is 21.0. The van der Waals surface area contributed by atoms with Crippen LogP contribution in [-0.4, -0.2) is 30.9 Å². The van der Waals surface area contributed by atoms with Crippen molar-refractivity contribution in [1.82, 2.24) is 5.32 Å². The quantitative estimate of drug-likeness (QED) is 0.416. The Morgan fingerprint density at radius 1 is 1.05 bits per heavy atom. The topological polar surface area (TPSA) is 75.7 Å². The van der Waals surface area contributed by atoms with Gasteiger partial charge >= 0.3 is 5.97 Å². The molecule has 2 amide bonds. The highest BCUT2D eigenvalue weighted by Gasteiger charge is 2.59. The highest BCUT2D eigenvalue weighted by Crippen LogP contribution is 2.59. The van der Waals surface area contributed by atoms with Gasteiger partial charge in [0.15, 0.2) is 0 Å². The predicted molar refractivity (Wildman–Crippen MR) is 134 cm³/mol. The molecule has 1 aliphatic carbocycles. The molecule has 37 heavy (non-hydrogen) atoms. The fourth-order valence-electron chi connectivity index (χ4n) is 4.71. The van der Waals surface area contributed by atoms with Crippen LogP contribution in [0.5, 0.6) is 0 Å². The Labute approximate surface area is 221 Å². The number of anilines is 2. The highest BCUT2D eigenvalue weighted by atomic mass is 35.5. The molecule has 1 atom stereocenters. The zero-order valence-electron chi connectivity index (χ0n) is 19.5. The fourth-order valence-corrected chi connectivity index (χ4v) is 5.11. The number of amides is 2. The number of hydrogen-bond donors (Lipinski definition) is 1. The molecule has 0 unspecified atom stereocenters. The predicted octanol–water partition coefficient (Wildman–Crippen LogP) is 5.50. The molecule has 1 aliphatic heterocycles. The van der Waals surface area contributed by atoms with Gasteiger partial charge in [-0.3, -0.25) is 14.5 Å². The molecule has 10 heteroatoms. The Balaban J connectivity index is 1.38. The van der Waals surface area contributed by atoms with Crippen molar-refractivity contribution in [2.45, 2.75) is 30.7 Å². The number of halogens is 4. The van der Waals surface area contributed by atoms with E-state index in [1.807, 2.05) is 0 Å². The van der Waals surface area contributed by atoms with Crippen LogP contribution >= 0.6 is 23.2 Å². The number of nitrogens with one attached hydrogen (secondary N) is 1. The molecule has 1 saturated carbocycles. The number of fused-ring (bicyclic) bond motifs is 2. The fraction of sp³-hybridized carbons (Fsp3) is 0.222. The van der Waals surface area contributed by atoms with Gasteiger partial charge in [-0.2, -0.15) is 0 Å². The van der Waals surface area contributed by atoms with E-state index in [4.69, 9.17) is 27.9 Å². The number of methoxy groups -OCH3 is 1. The lowest BCUT2D eigenvalue weighted by atomic mass is 9.98. The molecular formula is C27H20Cl2F2N2O4. The van der Waals surface area contributed by atoms with Crippen LogP contribution in [0, 0.1) is 11.6 Å². The van der Waals surface area contributed by atoms with Gasteiger partial charge in [-0.15, -0.1) is 0 Å². The highest BCUT2D eigenvalue weighted by molar-refractivity contribution is 6.34. The molecule has 1 heterocycles. The zero-order chi connectivity index (χ0) is 26.5. The van der Waals surface area contributed by atoms with Crippen LogP contribution in [0.15, 0.2) is 54.6 Å². The van der Waals surface area contributed by atoms with Gasteiger partial charge in [0.05, 0.1) is 33.8 Å². The number of hydrogen-bond acceptors (Lipinski definition) is 4. The first kappa shape index (κ1) is 25.2. The van der Waals surface area contributed by atoms with Crippen molar-refractivity contribution in [3.63, 3.8) is 0 Å². The number of carbonyl (C=O) groups excluding carboxylic acids is 3. The number of esters is 1. The minimum atomic E-state index is -1.12. The summed E-state index contributed by atoms with van der Waals surface area (Å²) in [5, 5.41) is 2.32. The number of carbonyl (C=O) groups is 3. The smallest absolute Gasteiger partial charge is 0.328 e. The summed E-state index contributed by atoms with van der Waals surface area (Å²) in [5.41, 5.74) is 1.28. The van der Waals surface area contributed by atoms with Crippen molar-refractivity contribution >= 4 is 52.4 Å². The minimum Gasteiger partial charge on any atom is -0.467 e. The summed E-state index contributed by atoms with van der Waals surface area (Å²) < 4.78 is 33.1. The van der Waals surface area contributed by atoms with Gasteiger partial charge in [0, 0.05) is 12.1 Å². The molecule has 1 fully saturated rings. The van der Waals surface area contributed by atoms with Gasteiger partial charge in [-0.25, -0.2) is 13.6 Å². The van der Waals surface area contributed by atoms with Crippen LogP contribution in [0.25, 0.3) is 0 Å². The Bertz CT molecular complexity index is 1420. The molecule has 5 rings (SSSR count). The number of rotatable bonds is 6. The van der Waals surface area contributed by atoms with Crippen molar-refractivity contribution < 1.29 is 27.9 Å². The van der Waals surface area contributed by atoms with Crippen molar-refractivity contribution in [3.05, 3.63) is 93.0 Å². The maximum atomic E-state index is 14.2. The van der Waals surface area contributed by atoms with Crippen molar-refractivity contribution in [1.29, 1.82) is 0 Å². The summed E-state index contributed by atoms with van der Waals surface area (Å²) in [4.78, 5) is 39.9. The van der Waals surface area contributed by atoms with E-state index >= 15 is 0 Å². The number of nitrogens with zero attached hydrogens (tertiary/aromatic N) is 1. The van der Waals surface area contributed by atoms with Gasteiger partial charge in [0.25, 0.3) is 5.91 Å². The molecular weight excluding hydrogens is 525 g/mol. The molecule has 3 aromatic rings. The Kier molecular flexibility index (Phi) is 6.41. The van der Waals surface area contributed by atoms with E-state index in [0.29, 0.717) is 35.3 Å². The van der Waals surface area contributed by atoms with Crippen LogP contribution < -0.4 is 10.2 Å². The molecule has 0 aromatic heterocycles. The lowest BCUT2D eigenvalue weighted by Crippen LogP contribution is -2.43. The van der Waals surface area contributed by atoms with Gasteiger partial charge in [-0.05, 0) is 60.4 Å². The van der Waals surface area contributed by atoms with Gasteiger partial charge in [0.1, 0.15) is 17.7 Å². The van der Waals surface area contributed by atoms with Crippen LogP contribution in [0.3, 0.4) is 0 Å². The first-order valence-electron chi connectivity index (χ1n) is 11.4. The molecule has 1 spiro atoms. The van der Waals surface area contributed by atoms with Crippen molar-refractivity contribution in [2.24, 2.45) is 0 Å². The van der Waals surface area contributed by atoms with Crippen molar-refractivity contribution in [2.75, 3.05) is 12.0 Å². The van der Waals surface area contributed by atoms with E-state index in [1.54, 1.807) is 24.3 Å². The third kappa shape index (κ3) is 4.34. The van der Waals surface area contributed by atoms with Crippen LogP contribution in [0.2, 0.25) is 10.0 Å². The normalized spacial score (nSPS) is 15.9. The number of benzene rings is 3. The summed E-state index contributed by atoms with van der Waals surface area (Å²) in [6.45, 7) is 0. The summed E-state index contributed by atoms with van der Waals surface area (Å²) in [6.07, 6.45) is 1.32. The lowest BCUT2D eigenvalue weighted by Gasteiger charge is -2.20. The summed E-state index contributed by atoms with van der Waals surface area (Å²) in [7, 11) is 1.18. The largest absolute Gasteiger partial charge is 0.467 e. The third-order valence-electron chi connectivity index (χ3n) is 6.77. The molecule has 2 aliphatic rings. The van der Waals surface area contributed by atoms with Crippen LogP contribution in [0.4, 0.5) is 20.2 Å². The van der Waals surface area contributed by atoms with E-state index in [9.17, 15) is 23.2 Å². The average Bonchev–Trinajstić information content (AvgIpc) is 3.64. The Morgan fingerprint density at radius 3 is 2.38 bits per heavy atom. The van der Waals surface area contributed by atoms with Gasteiger partial charge in [-0.1, -0.05) is 41.4 Å². The standard InChI is InChI=1S/C27H20Cl2F2N2O4/c1-37-25(35)21(32-24(34)23-17(28)3-2-4-19(23)30)11-14-5-7-15(8-6-14)33-22-13-18(29)20(31)12-16(22)27(9-10-27)26(33)36/h2-8,12-13,21H,9-11H2,1H3,(H,32,34)/t21-/m0/s1. The van der Waals surface area contributed by atoms with E-state index in [0.717, 1.165) is 6.07 Å². The van der Waals surface area contributed by atoms with E-state index < -0.39 is 35.0 Å². The second kappa shape index (κ2) is 9.43. The molecule has 190 valence electrons. The van der Waals surface area contributed by atoms with E-state index in [1.165, 1.54) is 36.3 Å². The second-order valence-corrected chi connectivity index (χ2v) is 9.84.